The van der Waals surface area contributed by atoms with Gasteiger partial charge in [-0.25, -0.2) is 13.8 Å². The molecule has 4 aromatic rings. The molecule has 1 aliphatic rings. The zero-order valence-electron chi connectivity index (χ0n) is 22.6. The molecule has 0 radical (unpaired) electrons. The predicted octanol–water partition coefficient (Wildman–Crippen LogP) is 5.15. The van der Waals surface area contributed by atoms with Crippen LogP contribution >= 0.6 is 0 Å². The Morgan fingerprint density at radius 3 is 2.37 bits per heavy atom. The summed E-state index contributed by atoms with van der Waals surface area (Å²) in [4.78, 5) is 33.2. The van der Waals surface area contributed by atoms with Crippen molar-refractivity contribution in [2.24, 2.45) is 0 Å². The number of carbonyl (C=O) groups is 1. The van der Waals surface area contributed by atoms with Crippen LogP contribution in [-0.2, 0) is 0 Å². The van der Waals surface area contributed by atoms with Crippen molar-refractivity contribution in [3.05, 3.63) is 75.7 Å². The van der Waals surface area contributed by atoms with Crippen LogP contribution in [0.3, 0.4) is 0 Å². The third-order valence-electron chi connectivity index (χ3n) is 7.05. The molecule has 0 aliphatic carbocycles. The van der Waals surface area contributed by atoms with Crippen LogP contribution in [0.5, 0.6) is 11.5 Å². The molecule has 1 saturated heterocycles. The number of furan rings is 1. The van der Waals surface area contributed by atoms with Gasteiger partial charge in [0.2, 0.25) is 5.78 Å². The van der Waals surface area contributed by atoms with Crippen molar-refractivity contribution >= 4 is 39.6 Å². The van der Waals surface area contributed by atoms with Gasteiger partial charge in [0.15, 0.2) is 34.5 Å². The number of piperazine rings is 1. The van der Waals surface area contributed by atoms with Crippen LogP contribution in [-0.4, -0.2) is 67.5 Å². The number of carbonyl (C=O) groups excluding carboxylic acids is 1. The Morgan fingerprint density at radius 2 is 1.76 bits per heavy atom. The SMILES string of the molecule is CCN1CCN(c2ccc(Nc3cc4cc(C(=O)c5c(F)c(OC)cc(OC)c5F)oc4cn3)c([N+](=O)[O-])c2)CC1. The maximum Gasteiger partial charge on any atom is 0.294 e. The molecule has 0 saturated carbocycles. The maximum atomic E-state index is 14.9. The van der Waals surface area contributed by atoms with Crippen LogP contribution < -0.4 is 19.7 Å². The van der Waals surface area contributed by atoms with Crippen molar-refractivity contribution in [2.45, 2.75) is 6.92 Å². The first kappa shape index (κ1) is 27.8. The van der Waals surface area contributed by atoms with E-state index in [1.54, 1.807) is 6.07 Å². The van der Waals surface area contributed by atoms with Gasteiger partial charge in [0.05, 0.1) is 25.3 Å². The fourth-order valence-corrected chi connectivity index (χ4v) is 4.77. The molecule has 11 nitrogen and oxygen atoms in total. The van der Waals surface area contributed by atoms with E-state index in [1.165, 1.54) is 38.6 Å². The van der Waals surface area contributed by atoms with Gasteiger partial charge in [0.25, 0.3) is 5.69 Å². The highest BCUT2D eigenvalue weighted by Crippen LogP contribution is 2.35. The quantitative estimate of drug-likeness (QED) is 0.165. The number of halogens is 2. The van der Waals surface area contributed by atoms with Gasteiger partial charge in [0, 0.05) is 49.4 Å². The number of hydrogen-bond acceptors (Lipinski definition) is 10. The van der Waals surface area contributed by atoms with Gasteiger partial charge >= 0.3 is 0 Å². The second-order valence-corrected chi connectivity index (χ2v) is 9.34. The summed E-state index contributed by atoms with van der Waals surface area (Å²) in [5.41, 5.74) is 0.144. The molecular weight excluding hydrogens is 540 g/mol. The first-order chi connectivity index (χ1) is 19.7. The summed E-state index contributed by atoms with van der Waals surface area (Å²) in [5.74, 6) is -4.29. The van der Waals surface area contributed by atoms with Crippen LogP contribution in [0.25, 0.3) is 11.0 Å². The number of fused-ring (bicyclic) bond motifs is 1. The number of nitro groups is 1. The Labute approximate surface area is 233 Å². The average Bonchev–Trinajstić information content (AvgIpc) is 3.41. The first-order valence-corrected chi connectivity index (χ1v) is 12.8. The third kappa shape index (κ3) is 5.35. The van der Waals surface area contributed by atoms with E-state index in [9.17, 15) is 23.7 Å². The molecule has 3 heterocycles. The molecule has 41 heavy (non-hydrogen) atoms. The summed E-state index contributed by atoms with van der Waals surface area (Å²) in [6.07, 6.45) is 1.31. The van der Waals surface area contributed by atoms with Crippen LogP contribution in [0, 0.1) is 21.7 Å². The summed E-state index contributed by atoms with van der Waals surface area (Å²) >= 11 is 0. The Morgan fingerprint density at radius 1 is 1.07 bits per heavy atom. The average molecular weight is 568 g/mol. The van der Waals surface area contributed by atoms with E-state index in [-0.39, 0.29) is 40.0 Å². The molecule has 0 bridgehead atoms. The zero-order chi connectivity index (χ0) is 29.3. The fourth-order valence-electron chi connectivity index (χ4n) is 4.77. The van der Waals surface area contributed by atoms with Gasteiger partial charge in [-0.15, -0.1) is 0 Å². The molecule has 1 aliphatic heterocycles. The van der Waals surface area contributed by atoms with Gasteiger partial charge in [-0.05, 0) is 30.8 Å². The lowest BCUT2D eigenvalue weighted by Gasteiger charge is -2.35. The number of methoxy groups -OCH3 is 2. The van der Waals surface area contributed by atoms with Crippen molar-refractivity contribution < 1.29 is 32.4 Å². The lowest BCUT2D eigenvalue weighted by Crippen LogP contribution is -2.46. The maximum absolute atomic E-state index is 14.9. The Bertz CT molecular complexity index is 1610. The number of nitro benzene ring substituents is 1. The molecule has 1 fully saturated rings. The number of nitrogens with zero attached hydrogens (tertiary/aromatic N) is 4. The molecular formula is C28H27F2N5O6. The van der Waals surface area contributed by atoms with Gasteiger partial charge in [0.1, 0.15) is 17.1 Å². The van der Waals surface area contributed by atoms with E-state index in [0.717, 1.165) is 44.5 Å². The topological polar surface area (TPSA) is 123 Å². The number of likely N-dealkylation sites (N-methyl/N-ethyl adjacent to an activating group) is 1. The second kappa shape index (κ2) is 11.4. The minimum atomic E-state index is -1.19. The third-order valence-corrected chi connectivity index (χ3v) is 7.05. The van der Waals surface area contributed by atoms with Gasteiger partial charge < -0.3 is 29.0 Å². The smallest absolute Gasteiger partial charge is 0.294 e. The van der Waals surface area contributed by atoms with E-state index >= 15 is 0 Å². The minimum Gasteiger partial charge on any atom is -0.494 e. The molecule has 214 valence electrons. The Kier molecular flexibility index (Phi) is 7.70. The monoisotopic (exact) mass is 567 g/mol. The van der Waals surface area contributed by atoms with Crippen molar-refractivity contribution in [2.75, 3.05) is 57.2 Å². The fraction of sp³-hybridized carbons (Fsp3) is 0.286. The number of benzene rings is 2. The standard InChI is InChI=1S/C28H27F2N5O6/c1-4-33-7-9-34(10-8-33)17-5-6-18(19(13-17)35(37)38)32-24-12-16-11-22(41-23(16)15-31-24)28(36)25-26(29)20(39-2)14-21(40-3)27(25)30/h5-6,11-15H,4,7-10H2,1-3H3,(H,31,32). The highest BCUT2D eigenvalue weighted by molar-refractivity contribution is 6.10. The molecule has 1 N–H and O–H groups in total. The lowest BCUT2D eigenvalue weighted by atomic mass is 10.1. The normalized spacial score (nSPS) is 13.8. The molecule has 0 amide bonds. The highest BCUT2D eigenvalue weighted by Gasteiger charge is 2.29. The first-order valence-electron chi connectivity index (χ1n) is 12.8. The number of ketones is 1. The lowest BCUT2D eigenvalue weighted by molar-refractivity contribution is -0.383. The van der Waals surface area contributed by atoms with Crippen molar-refractivity contribution in [1.82, 2.24) is 9.88 Å². The summed E-state index contributed by atoms with van der Waals surface area (Å²) in [7, 11) is 2.35. The number of ether oxygens (including phenoxy) is 2. The number of rotatable bonds is 9. The van der Waals surface area contributed by atoms with E-state index in [4.69, 9.17) is 13.9 Å². The molecule has 0 atom stereocenters. The van der Waals surface area contributed by atoms with Crippen LogP contribution in [0.4, 0.5) is 31.7 Å². The largest absolute Gasteiger partial charge is 0.494 e. The summed E-state index contributed by atoms with van der Waals surface area (Å²) in [5, 5.41) is 15.2. The van der Waals surface area contributed by atoms with Crippen LogP contribution in [0.1, 0.15) is 23.0 Å². The summed E-state index contributed by atoms with van der Waals surface area (Å²) in [6.45, 7) is 6.38. The van der Waals surface area contributed by atoms with Crippen molar-refractivity contribution in [3.8, 4) is 11.5 Å². The molecule has 5 rings (SSSR count). The Balaban J connectivity index is 1.42. The molecule has 0 spiro atoms. The summed E-state index contributed by atoms with van der Waals surface area (Å²) < 4.78 is 45.1. The number of aromatic nitrogens is 1. The van der Waals surface area contributed by atoms with E-state index in [1.807, 2.05) is 6.07 Å². The van der Waals surface area contributed by atoms with Gasteiger partial charge in [-0.3, -0.25) is 14.9 Å². The van der Waals surface area contributed by atoms with Crippen LogP contribution in [0.2, 0.25) is 0 Å². The molecule has 13 heteroatoms. The van der Waals surface area contributed by atoms with E-state index < -0.39 is 27.9 Å². The van der Waals surface area contributed by atoms with E-state index in [2.05, 4.69) is 27.0 Å². The molecule has 2 aromatic heterocycles. The van der Waals surface area contributed by atoms with Crippen molar-refractivity contribution in [3.63, 3.8) is 0 Å². The minimum absolute atomic E-state index is 0.122. The number of hydrogen-bond donors (Lipinski definition) is 1. The molecule has 2 aromatic carbocycles. The number of pyridine rings is 1. The number of anilines is 3. The van der Waals surface area contributed by atoms with Crippen LogP contribution in [0.15, 0.2) is 47.0 Å². The van der Waals surface area contributed by atoms with Gasteiger partial charge in [-0.2, -0.15) is 0 Å². The highest BCUT2D eigenvalue weighted by atomic mass is 19.1. The Hall–Kier alpha value is -4.78. The van der Waals surface area contributed by atoms with Crippen molar-refractivity contribution in [1.29, 1.82) is 0 Å². The van der Waals surface area contributed by atoms with Gasteiger partial charge in [-0.1, -0.05) is 6.92 Å². The van der Waals surface area contributed by atoms with E-state index in [0.29, 0.717) is 5.39 Å². The molecule has 0 unspecified atom stereocenters. The second-order valence-electron chi connectivity index (χ2n) is 9.34. The number of nitrogens with one attached hydrogen (secondary N) is 1. The predicted molar refractivity (Wildman–Crippen MR) is 148 cm³/mol. The zero-order valence-corrected chi connectivity index (χ0v) is 22.6. The summed E-state index contributed by atoms with van der Waals surface area (Å²) in [6, 6.07) is 8.79.